The highest BCUT2D eigenvalue weighted by molar-refractivity contribution is 5.99. The third-order valence-corrected chi connectivity index (χ3v) is 1.45. The first kappa shape index (κ1) is 13.2. The van der Waals surface area contributed by atoms with Gasteiger partial charge in [0.1, 0.15) is 0 Å². The zero-order chi connectivity index (χ0) is 12.0. The molecule has 0 aromatic carbocycles. The number of methoxy groups -OCH3 is 2. The van der Waals surface area contributed by atoms with Gasteiger partial charge in [-0.3, -0.25) is 4.79 Å². The molecule has 0 radical (unpaired) electrons. The Balaban J connectivity index is 5.14. The van der Waals surface area contributed by atoms with Crippen molar-refractivity contribution in [3.8, 4) is 0 Å². The molecule has 84 valence electrons. The van der Waals surface area contributed by atoms with Crippen molar-refractivity contribution in [2.45, 2.75) is 13.8 Å². The summed E-state index contributed by atoms with van der Waals surface area (Å²) < 4.78 is 13.3. The number of hydrogen-bond acceptors (Lipinski definition) is 6. The maximum absolute atomic E-state index is 11.1. The zero-order valence-electron chi connectivity index (χ0n) is 8.95. The summed E-state index contributed by atoms with van der Waals surface area (Å²) in [5.41, 5.74) is -0.125. The molecule has 0 spiro atoms. The van der Waals surface area contributed by atoms with Crippen LogP contribution in [-0.4, -0.2) is 32.1 Å². The highest BCUT2D eigenvalue weighted by atomic mass is 16.6. The quantitative estimate of drug-likeness (QED) is 0.289. The van der Waals surface area contributed by atoms with Crippen molar-refractivity contribution in [3.63, 3.8) is 0 Å². The van der Waals surface area contributed by atoms with E-state index in [1.807, 2.05) is 0 Å². The Labute approximate surface area is 86.8 Å². The van der Waals surface area contributed by atoms with E-state index < -0.39 is 23.7 Å². The van der Waals surface area contributed by atoms with Crippen molar-refractivity contribution in [2.24, 2.45) is 0 Å². The number of hydrogen-bond donors (Lipinski definition) is 0. The van der Waals surface area contributed by atoms with Gasteiger partial charge in [-0.25, -0.2) is 9.59 Å². The molecule has 6 heteroatoms. The van der Waals surface area contributed by atoms with Gasteiger partial charge in [-0.05, 0) is 6.92 Å². The van der Waals surface area contributed by atoms with Crippen LogP contribution in [0.5, 0.6) is 0 Å². The topological polar surface area (TPSA) is 78.9 Å². The summed E-state index contributed by atoms with van der Waals surface area (Å²) in [6.07, 6.45) is 0. The molecular formula is C9H12O6. The van der Waals surface area contributed by atoms with E-state index in [1.54, 1.807) is 0 Å². The molecule has 15 heavy (non-hydrogen) atoms. The van der Waals surface area contributed by atoms with E-state index in [4.69, 9.17) is 0 Å². The second-order valence-electron chi connectivity index (χ2n) is 2.53. The third kappa shape index (κ3) is 3.80. The normalized spacial score (nSPS) is 11.2. The molecule has 0 rings (SSSR count). The summed E-state index contributed by atoms with van der Waals surface area (Å²) in [7, 11) is 2.25. The number of carbonyl (C=O) groups is 3. The summed E-state index contributed by atoms with van der Waals surface area (Å²) in [5.74, 6) is -2.86. The molecule has 0 aliphatic carbocycles. The molecule has 0 aromatic rings. The summed E-state index contributed by atoms with van der Waals surface area (Å²) in [4.78, 5) is 32.9. The summed E-state index contributed by atoms with van der Waals surface area (Å²) in [5, 5.41) is 0. The van der Waals surface area contributed by atoms with Gasteiger partial charge in [0.2, 0.25) is 5.76 Å². The van der Waals surface area contributed by atoms with Gasteiger partial charge in [0.05, 0.1) is 19.8 Å². The number of ether oxygens (including phenoxy) is 3. The maximum atomic E-state index is 11.1. The number of esters is 3. The SMILES string of the molecule is COC(=O)C(C)=C(OC(C)=O)C(=O)OC. The van der Waals surface area contributed by atoms with Crippen LogP contribution in [0, 0.1) is 0 Å². The summed E-state index contributed by atoms with van der Waals surface area (Å²) in [6.45, 7) is 2.40. The van der Waals surface area contributed by atoms with Gasteiger partial charge in [-0.15, -0.1) is 0 Å². The largest absolute Gasteiger partial charge is 0.466 e. The van der Waals surface area contributed by atoms with Crippen molar-refractivity contribution in [1.29, 1.82) is 0 Å². The minimum Gasteiger partial charge on any atom is -0.466 e. The molecule has 0 bridgehead atoms. The van der Waals surface area contributed by atoms with E-state index in [1.165, 1.54) is 6.92 Å². The van der Waals surface area contributed by atoms with E-state index in [9.17, 15) is 14.4 Å². The van der Waals surface area contributed by atoms with Crippen molar-refractivity contribution >= 4 is 17.9 Å². The molecule has 6 nitrogen and oxygen atoms in total. The minimum atomic E-state index is -0.909. The van der Waals surface area contributed by atoms with Crippen LogP contribution in [0.4, 0.5) is 0 Å². The maximum Gasteiger partial charge on any atom is 0.374 e. The van der Waals surface area contributed by atoms with E-state index in [0.29, 0.717) is 0 Å². The van der Waals surface area contributed by atoms with E-state index in [0.717, 1.165) is 21.1 Å². The monoisotopic (exact) mass is 216 g/mol. The first-order valence-electron chi connectivity index (χ1n) is 4.00. The highest BCUT2D eigenvalue weighted by Crippen LogP contribution is 2.10. The van der Waals surface area contributed by atoms with Crippen molar-refractivity contribution in [1.82, 2.24) is 0 Å². The molecule has 0 saturated carbocycles. The summed E-state index contributed by atoms with van der Waals surface area (Å²) in [6, 6.07) is 0. The fourth-order valence-corrected chi connectivity index (χ4v) is 0.754. The molecular weight excluding hydrogens is 204 g/mol. The fourth-order valence-electron chi connectivity index (χ4n) is 0.754. The van der Waals surface area contributed by atoms with E-state index in [2.05, 4.69) is 14.2 Å². The van der Waals surface area contributed by atoms with Gasteiger partial charge in [0, 0.05) is 6.92 Å². The van der Waals surface area contributed by atoms with Crippen molar-refractivity contribution < 1.29 is 28.6 Å². The number of rotatable bonds is 3. The van der Waals surface area contributed by atoms with Gasteiger partial charge >= 0.3 is 17.9 Å². The van der Waals surface area contributed by atoms with Crippen LogP contribution < -0.4 is 0 Å². The van der Waals surface area contributed by atoms with Crippen LogP contribution in [0.15, 0.2) is 11.3 Å². The molecule has 0 aliphatic heterocycles. The second-order valence-corrected chi connectivity index (χ2v) is 2.53. The predicted octanol–water partition coefficient (Wildman–Crippen LogP) is 0.169. The Morgan fingerprint density at radius 2 is 1.33 bits per heavy atom. The first-order valence-corrected chi connectivity index (χ1v) is 4.00. The average molecular weight is 216 g/mol. The van der Waals surface area contributed by atoms with Crippen molar-refractivity contribution in [3.05, 3.63) is 11.3 Å². The van der Waals surface area contributed by atoms with Crippen LogP contribution >= 0.6 is 0 Å². The Bertz CT molecular complexity index is 315. The standard InChI is InChI=1S/C9H12O6/c1-5(8(11)13-3)7(9(12)14-4)15-6(2)10/h1-4H3. The lowest BCUT2D eigenvalue weighted by Crippen LogP contribution is -2.17. The van der Waals surface area contributed by atoms with Gasteiger partial charge < -0.3 is 14.2 Å². The van der Waals surface area contributed by atoms with Gasteiger partial charge in [-0.2, -0.15) is 0 Å². The Hall–Kier alpha value is -1.85. The average Bonchev–Trinajstić information content (AvgIpc) is 2.22. The third-order valence-electron chi connectivity index (χ3n) is 1.45. The smallest absolute Gasteiger partial charge is 0.374 e. The van der Waals surface area contributed by atoms with Crippen LogP contribution in [-0.2, 0) is 28.6 Å². The van der Waals surface area contributed by atoms with Crippen molar-refractivity contribution in [2.75, 3.05) is 14.2 Å². The minimum absolute atomic E-state index is 0.125. The Kier molecular flexibility index (Phi) is 5.08. The van der Waals surface area contributed by atoms with Crippen LogP contribution in [0.2, 0.25) is 0 Å². The molecule has 0 amide bonds. The lowest BCUT2D eigenvalue weighted by Gasteiger charge is -2.07. The molecule has 0 aromatic heterocycles. The van der Waals surface area contributed by atoms with Crippen LogP contribution in [0.3, 0.4) is 0 Å². The van der Waals surface area contributed by atoms with Gasteiger partial charge in [-0.1, -0.05) is 0 Å². The zero-order valence-corrected chi connectivity index (χ0v) is 8.95. The first-order chi connectivity index (χ1) is 6.93. The molecule has 0 unspecified atom stereocenters. The molecule has 0 fully saturated rings. The number of carbonyl (C=O) groups excluding carboxylic acids is 3. The highest BCUT2D eigenvalue weighted by Gasteiger charge is 2.22. The summed E-state index contributed by atoms with van der Waals surface area (Å²) >= 11 is 0. The van der Waals surface area contributed by atoms with Gasteiger partial charge in [0.25, 0.3) is 0 Å². The Morgan fingerprint density at radius 1 is 0.867 bits per heavy atom. The van der Waals surface area contributed by atoms with E-state index in [-0.39, 0.29) is 5.57 Å². The van der Waals surface area contributed by atoms with Gasteiger partial charge in [0.15, 0.2) is 0 Å². The fraction of sp³-hybridized carbons (Fsp3) is 0.444. The van der Waals surface area contributed by atoms with Crippen LogP contribution in [0.25, 0.3) is 0 Å². The second kappa shape index (κ2) is 5.79. The molecule has 0 N–H and O–H groups in total. The predicted molar refractivity (Wildman–Crippen MR) is 48.5 cm³/mol. The lowest BCUT2D eigenvalue weighted by molar-refractivity contribution is -0.149. The lowest BCUT2D eigenvalue weighted by atomic mass is 10.2. The van der Waals surface area contributed by atoms with Crippen LogP contribution in [0.1, 0.15) is 13.8 Å². The van der Waals surface area contributed by atoms with E-state index >= 15 is 0 Å². The molecule has 0 atom stereocenters. The molecule has 0 heterocycles. The Morgan fingerprint density at radius 3 is 1.67 bits per heavy atom. The molecule has 0 aliphatic rings. The molecule has 0 saturated heterocycles.